The summed E-state index contributed by atoms with van der Waals surface area (Å²) in [6.45, 7) is 1.36. The Bertz CT molecular complexity index is 805. The number of aromatic nitrogens is 1. The molecule has 0 amide bonds. The number of carbonyl (C=O) groups is 1. The van der Waals surface area contributed by atoms with E-state index in [1.165, 1.54) is 6.20 Å². The lowest BCUT2D eigenvalue weighted by Gasteiger charge is -2.47. The van der Waals surface area contributed by atoms with Crippen molar-refractivity contribution in [2.75, 3.05) is 33.4 Å². The molecule has 0 spiro atoms. The lowest BCUT2D eigenvalue weighted by molar-refractivity contribution is -0.162. The Morgan fingerprint density at radius 3 is 2.85 bits per heavy atom. The zero-order valence-corrected chi connectivity index (χ0v) is 14.7. The highest BCUT2D eigenvalue weighted by Gasteiger charge is 2.48. The van der Waals surface area contributed by atoms with Crippen LogP contribution in [-0.2, 0) is 11.2 Å². The van der Waals surface area contributed by atoms with Crippen LogP contribution < -0.4 is 4.74 Å². The second-order valence-corrected chi connectivity index (χ2v) is 6.84. The van der Waals surface area contributed by atoms with Gasteiger partial charge in [-0.3, -0.25) is 14.7 Å². The maximum Gasteiger partial charge on any atom is 0.312 e. The molecule has 140 valence electrons. The van der Waals surface area contributed by atoms with Crippen molar-refractivity contribution in [2.24, 2.45) is 5.41 Å². The fourth-order valence-electron chi connectivity index (χ4n) is 3.70. The van der Waals surface area contributed by atoms with Crippen LogP contribution in [0, 0.1) is 11.2 Å². The number of likely N-dealkylation sites (tertiary alicyclic amines) is 1. The Hall–Kier alpha value is -2.25. The molecule has 0 unspecified atom stereocenters. The summed E-state index contributed by atoms with van der Waals surface area (Å²) in [6, 6.07) is 5.33. The van der Waals surface area contributed by atoms with Crippen LogP contribution in [0.25, 0.3) is 10.9 Å². The molecule has 1 aromatic heterocycles. The summed E-state index contributed by atoms with van der Waals surface area (Å²) in [5.74, 6) is -0.578. The van der Waals surface area contributed by atoms with Gasteiger partial charge in [-0.25, -0.2) is 4.39 Å². The maximum atomic E-state index is 14.3. The first-order valence-corrected chi connectivity index (χ1v) is 8.67. The lowest BCUT2D eigenvalue weighted by atomic mass is 9.75. The Morgan fingerprint density at radius 2 is 2.19 bits per heavy atom. The van der Waals surface area contributed by atoms with Gasteiger partial charge in [-0.1, -0.05) is 0 Å². The summed E-state index contributed by atoms with van der Waals surface area (Å²) in [4.78, 5) is 17.7. The molecule has 3 rings (SSSR count). The number of hydrogen-bond donors (Lipinski definition) is 2. The van der Waals surface area contributed by atoms with Crippen molar-refractivity contribution >= 4 is 16.9 Å². The Balaban J connectivity index is 1.73. The van der Waals surface area contributed by atoms with Crippen molar-refractivity contribution < 1.29 is 24.1 Å². The standard InChI is InChI=1S/C19H23FN2O4/c1-26-13-4-5-17-15(9-13)14(16(20)10-21-17)3-2-6-19(18(24)25)11-22(12-19)7-8-23/h4-5,9-10,23H,2-3,6-8,11-12H2,1H3,(H,24,25). The van der Waals surface area contributed by atoms with Gasteiger partial charge in [0, 0.05) is 25.0 Å². The molecule has 1 aliphatic heterocycles. The molecule has 26 heavy (non-hydrogen) atoms. The van der Waals surface area contributed by atoms with E-state index in [0.717, 1.165) is 0 Å². The van der Waals surface area contributed by atoms with E-state index >= 15 is 0 Å². The molecular weight excluding hydrogens is 339 g/mol. The molecule has 1 fully saturated rings. The molecule has 1 saturated heterocycles. The van der Waals surface area contributed by atoms with E-state index in [0.29, 0.717) is 61.1 Å². The van der Waals surface area contributed by atoms with Crippen LogP contribution in [0.4, 0.5) is 4.39 Å². The molecule has 2 N–H and O–H groups in total. The van der Waals surface area contributed by atoms with Crippen LogP contribution in [0.15, 0.2) is 24.4 Å². The number of aliphatic carboxylic acids is 1. The predicted molar refractivity (Wildman–Crippen MR) is 94.8 cm³/mol. The van der Waals surface area contributed by atoms with E-state index in [9.17, 15) is 14.3 Å². The number of hydrogen-bond acceptors (Lipinski definition) is 5. The molecule has 0 radical (unpaired) electrons. The van der Waals surface area contributed by atoms with Crippen molar-refractivity contribution in [3.8, 4) is 5.75 Å². The number of fused-ring (bicyclic) bond motifs is 1. The third-order valence-corrected chi connectivity index (χ3v) is 5.14. The van der Waals surface area contributed by atoms with Gasteiger partial charge in [0.25, 0.3) is 0 Å². The van der Waals surface area contributed by atoms with Gasteiger partial charge in [-0.2, -0.15) is 0 Å². The van der Waals surface area contributed by atoms with Crippen molar-refractivity contribution in [3.05, 3.63) is 35.8 Å². The highest BCUT2D eigenvalue weighted by molar-refractivity contribution is 5.83. The topological polar surface area (TPSA) is 82.9 Å². The van der Waals surface area contributed by atoms with E-state index in [2.05, 4.69) is 4.98 Å². The number of aliphatic hydroxyl groups excluding tert-OH is 1. The van der Waals surface area contributed by atoms with Gasteiger partial charge in [0.1, 0.15) is 11.6 Å². The zero-order chi connectivity index (χ0) is 18.7. The van der Waals surface area contributed by atoms with Gasteiger partial charge in [0.2, 0.25) is 0 Å². The van der Waals surface area contributed by atoms with Gasteiger partial charge in [0.15, 0.2) is 0 Å². The normalized spacial score (nSPS) is 16.4. The molecule has 0 aliphatic carbocycles. The van der Waals surface area contributed by atoms with E-state index in [1.807, 2.05) is 4.90 Å². The van der Waals surface area contributed by atoms with Crippen molar-refractivity contribution in [1.29, 1.82) is 0 Å². The van der Waals surface area contributed by atoms with Crippen LogP contribution in [0.2, 0.25) is 0 Å². The van der Waals surface area contributed by atoms with Crippen LogP contribution >= 0.6 is 0 Å². The van der Waals surface area contributed by atoms with Gasteiger partial charge in [-0.15, -0.1) is 0 Å². The minimum atomic E-state index is -0.826. The average Bonchev–Trinajstić information content (AvgIpc) is 2.60. The average molecular weight is 362 g/mol. The summed E-state index contributed by atoms with van der Waals surface area (Å²) >= 11 is 0. The summed E-state index contributed by atoms with van der Waals surface area (Å²) in [7, 11) is 1.55. The highest BCUT2D eigenvalue weighted by atomic mass is 19.1. The van der Waals surface area contributed by atoms with Gasteiger partial charge < -0.3 is 14.9 Å². The Morgan fingerprint density at radius 1 is 1.42 bits per heavy atom. The molecule has 2 aromatic rings. The van der Waals surface area contributed by atoms with Crippen molar-refractivity contribution in [1.82, 2.24) is 9.88 Å². The molecule has 0 atom stereocenters. The van der Waals surface area contributed by atoms with Gasteiger partial charge >= 0.3 is 5.97 Å². The fourth-order valence-corrected chi connectivity index (χ4v) is 3.70. The smallest absolute Gasteiger partial charge is 0.312 e. The number of β-amino-alcohol motifs (C(OH)–C–C–N with tert-alkyl or cyclic N) is 1. The third-order valence-electron chi connectivity index (χ3n) is 5.14. The molecule has 7 heteroatoms. The lowest BCUT2D eigenvalue weighted by Crippen LogP contribution is -2.60. The number of carboxylic acids is 1. The van der Waals surface area contributed by atoms with Crippen molar-refractivity contribution in [2.45, 2.75) is 19.3 Å². The van der Waals surface area contributed by atoms with E-state index < -0.39 is 11.4 Å². The fraction of sp³-hybridized carbons (Fsp3) is 0.474. The number of nitrogens with zero attached hydrogens (tertiary/aromatic N) is 2. The molecular formula is C19H23FN2O4. The molecule has 2 heterocycles. The summed E-state index contributed by atoms with van der Waals surface area (Å²) in [6.07, 6.45) is 2.68. The quantitative estimate of drug-likeness (QED) is 0.748. The third kappa shape index (κ3) is 3.50. The molecule has 0 saturated carbocycles. The number of halogens is 1. The van der Waals surface area contributed by atoms with E-state index in [4.69, 9.17) is 9.84 Å². The number of pyridine rings is 1. The number of carboxylic acid groups (broad SMARTS) is 1. The minimum Gasteiger partial charge on any atom is -0.497 e. The molecule has 0 bridgehead atoms. The number of methoxy groups -OCH3 is 1. The first-order valence-electron chi connectivity index (χ1n) is 8.67. The molecule has 1 aromatic carbocycles. The van der Waals surface area contributed by atoms with Crippen LogP contribution in [0.1, 0.15) is 18.4 Å². The number of aliphatic hydroxyl groups is 1. The Labute approximate surface area is 151 Å². The number of benzene rings is 1. The summed E-state index contributed by atoms with van der Waals surface area (Å²) in [5.41, 5.74) is 0.431. The zero-order valence-electron chi connectivity index (χ0n) is 14.7. The van der Waals surface area contributed by atoms with E-state index in [-0.39, 0.29) is 12.4 Å². The van der Waals surface area contributed by atoms with Crippen LogP contribution in [0.5, 0.6) is 5.75 Å². The minimum absolute atomic E-state index is 0.0196. The summed E-state index contributed by atoms with van der Waals surface area (Å²) < 4.78 is 19.6. The molecule has 1 aliphatic rings. The second kappa shape index (κ2) is 7.55. The van der Waals surface area contributed by atoms with Crippen LogP contribution in [0.3, 0.4) is 0 Å². The molecule has 6 nitrogen and oxygen atoms in total. The predicted octanol–water partition coefficient (Wildman–Crippen LogP) is 2.08. The monoisotopic (exact) mass is 362 g/mol. The Kier molecular flexibility index (Phi) is 5.38. The second-order valence-electron chi connectivity index (χ2n) is 6.84. The number of aryl methyl sites for hydroxylation is 1. The van der Waals surface area contributed by atoms with Gasteiger partial charge in [-0.05, 0) is 43.0 Å². The number of ether oxygens (including phenoxy) is 1. The number of rotatable bonds is 8. The highest BCUT2D eigenvalue weighted by Crippen LogP contribution is 2.36. The van der Waals surface area contributed by atoms with E-state index in [1.54, 1.807) is 25.3 Å². The van der Waals surface area contributed by atoms with Crippen molar-refractivity contribution in [3.63, 3.8) is 0 Å². The maximum absolute atomic E-state index is 14.3. The largest absolute Gasteiger partial charge is 0.497 e. The first-order chi connectivity index (χ1) is 12.5. The summed E-state index contributed by atoms with van der Waals surface area (Å²) in [5, 5.41) is 19.2. The van der Waals surface area contributed by atoms with Crippen LogP contribution in [-0.4, -0.2) is 59.4 Å². The SMILES string of the molecule is COc1ccc2ncc(F)c(CCCC3(C(=O)O)CN(CCO)C3)c2c1. The van der Waals surface area contributed by atoms with Gasteiger partial charge in [0.05, 0.1) is 30.8 Å². The first kappa shape index (κ1) is 18.5.